The highest BCUT2D eigenvalue weighted by atomic mass is 35.5. The second kappa shape index (κ2) is 3.57. The van der Waals surface area contributed by atoms with E-state index in [1.807, 2.05) is 34.7 Å². The Morgan fingerprint density at radius 1 is 1.29 bits per heavy atom. The van der Waals surface area contributed by atoms with Gasteiger partial charge < -0.3 is 0 Å². The average molecular weight is 245 g/mol. The number of hydrogen-bond donors (Lipinski definition) is 0. The molecular formula is C13H9ClN2O. The summed E-state index contributed by atoms with van der Waals surface area (Å²) in [6.07, 6.45) is 1.60. The number of rotatable bonds is 1. The van der Waals surface area contributed by atoms with Crippen molar-refractivity contribution >= 4 is 33.9 Å². The summed E-state index contributed by atoms with van der Waals surface area (Å²) in [5.74, 6) is -0.0000463. The molecule has 0 aliphatic heterocycles. The van der Waals surface area contributed by atoms with E-state index >= 15 is 0 Å². The van der Waals surface area contributed by atoms with Gasteiger partial charge in [-0.1, -0.05) is 11.6 Å². The molecule has 0 amide bonds. The summed E-state index contributed by atoms with van der Waals surface area (Å²) in [5, 5.41) is 1.67. The molecule has 0 unspecified atom stereocenters. The Balaban J connectivity index is 2.52. The highest BCUT2D eigenvalue weighted by Gasteiger charge is 2.10. The molecule has 1 aromatic carbocycles. The van der Waals surface area contributed by atoms with Gasteiger partial charge in [0.25, 0.3) is 0 Å². The monoisotopic (exact) mass is 244 g/mol. The number of nitrogens with zero attached hydrogens (tertiary/aromatic N) is 2. The first-order valence-electron chi connectivity index (χ1n) is 5.23. The lowest BCUT2D eigenvalue weighted by atomic mass is 10.2. The summed E-state index contributed by atoms with van der Waals surface area (Å²) in [5.41, 5.74) is 2.30. The fraction of sp³-hybridized carbons (Fsp3) is 0.0769. The first-order chi connectivity index (χ1) is 8.16. The fourth-order valence-electron chi connectivity index (χ4n) is 2.01. The first kappa shape index (κ1) is 10.3. The van der Waals surface area contributed by atoms with Crippen LogP contribution in [0.15, 0.2) is 36.5 Å². The molecule has 0 N–H and O–H groups in total. The molecule has 84 valence electrons. The summed E-state index contributed by atoms with van der Waals surface area (Å²) >= 11 is 5.95. The molecule has 0 spiro atoms. The Morgan fingerprint density at radius 2 is 2.12 bits per heavy atom. The van der Waals surface area contributed by atoms with Crippen LogP contribution in [0.5, 0.6) is 0 Å². The zero-order chi connectivity index (χ0) is 12.0. The van der Waals surface area contributed by atoms with E-state index in [4.69, 9.17) is 11.6 Å². The molecule has 0 bridgehead atoms. The van der Waals surface area contributed by atoms with E-state index < -0.39 is 0 Å². The van der Waals surface area contributed by atoms with E-state index in [9.17, 15) is 4.79 Å². The van der Waals surface area contributed by atoms with Crippen LogP contribution in [0.25, 0.3) is 16.6 Å². The van der Waals surface area contributed by atoms with Crippen LogP contribution in [-0.2, 0) is 0 Å². The second-order valence-corrected chi connectivity index (χ2v) is 4.37. The fourth-order valence-corrected chi connectivity index (χ4v) is 2.19. The molecule has 0 saturated carbocycles. The van der Waals surface area contributed by atoms with Crippen LogP contribution >= 0.6 is 11.6 Å². The maximum Gasteiger partial charge on any atom is 0.178 e. The lowest BCUT2D eigenvalue weighted by molar-refractivity contribution is 0.101. The van der Waals surface area contributed by atoms with Gasteiger partial charge in [-0.15, -0.1) is 0 Å². The van der Waals surface area contributed by atoms with Gasteiger partial charge >= 0.3 is 0 Å². The number of pyridine rings is 1. The number of halogens is 1. The summed E-state index contributed by atoms with van der Waals surface area (Å²) < 4.78 is 1.86. The predicted octanol–water partition coefficient (Wildman–Crippen LogP) is 3.34. The van der Waals surface area contributed by atoms with Crippen LogP contribution in [-0.4, -0.2) is 15.2 Å². The largest absolute Gasteiger partial charge is 0.293 e. The van der Waals surface area contributed by atoms with Gasteiger partial charge in [0, 0.05) is 17.3 Å². The van der Waals surface area contributed by atoms with Gasteiger partial charge in [0.15, 0.2) is 5.78 Å². The SMILES string of the molecule is CC(=O)c1cnc2ccc3cc(Cl)ccc3n12. The van der Waals surface area contributed by atoms with Crippen molar-refractivity contribution in [2.45, 2.75) is 6.92 Å². The van der Waals surface area contributed by atoms with Crippen molar-refractivity contribution in [1.29, 1.82) is 0 Å². The minimum absolute atomic E-state index is 0.0000463. The van der Waals surface area contributed by atoms with Crippen LogP contribution in [0.3, 0.4) is 0 Å². The van der Waals surface area contributed by atoms with Crippen LogP contribution in [0, 0.1) is 0 Å². The average Bonchev–Trinajstić information content (AvgIpc) is 2.72. The Bertz CT molecular complexity index is 746. The number of imidazole rings is 1. The molecule has 0 atom stereocenters. The number of benzene rings is 1. The van der Waals surface area contributed by atoms with E-state index in [-0.39, 0.29) is 5.78 Å². The lowest BCUT2D eigenvalue weighted by Gasteiger charge is -2.04. The quantitative estimate of drug-likeness (QED) is 0.616. The second-order valence-electron chi connectivity index (χ2n) is 3.93. The molecule has 3 nitrogen and oxygen atoms in total. The number of fused-ring (bicyclic) bond motifs is 3. The number of aromatic nitrogens is 2. The summed E-state index contributed by atoms with van der Waals surface area (Å²) in [6, 6.07) is 9.42. The van der Waals surface area contributed by atoms with Gasteiger partial charge in [-0.25, -0.2) is 4.98 Å². The summed E-state index contributed by atoms with van der Waals surface area (Å²) in [4.78, 5) is 15.8. The molecule has 0 saturated heterocycles. The topological polar surface area (TPSA) is 34.4 Å². The summed E-state index contributed by atoms with van der Waals surface area (Å²) in [7, 11) is 0. The summed E-state index contributed by atoms with van der Waals surface area (Å²) in [6.45, 7) is 1.54. The van der Waals surface area contributed by atoms with Crippen molar-refractivity contribution in [3.8, 4) is 0 Å². The van der Waals surface area contributed by atoms with Crippen LogP contribution in [0.4, 0.5) is 0 Å². The number of carbonyl (C=O) groups is 1. The van der Waals surface area contributed by atoms with E-state index in [0.29, 0.717) is 10.7 Å². The third kappa shape index (κ3) is 1.51. The molecule has 17 heavy (non-hydrogen) atoms. The maximum absolute atomic E-state index is 11.5. The molecule has 3 rings (SSSR count). The minimum atomic E-state index is -0.0000463. The van der Waals surface area contributed by atoms with Gasteiger partial charge in [-0.3, -0.25) is 9.20 Å². The van der Waals surface area contributed by atoms with Gasteiger partial charge in [0.05, 0.1) is 11.7 Å². The number of hydrogen-bond acceptors (Lipinski definition) is 2. The van der Waals surface area contributed by atoms with Crippen molar-refractivity contribution in [1.82, 2.24) is 9.38 Å². The highest BCUT2D eigenvalue weighted by Crippen LogP contribution is 2.22. The van der Waals surface area contributed by atoms with Gasteiger partial charge in [-0.2, -0.15) is 0 Å². The van der Waals surface area contributed by atoms with Crippen molar-refractivity contribution in [2.24, 2.45) is 0 Å². The van der Waals surface area contributed by atoms with Crippen molar-refractivity contribution in [2.75, 3.05) is 0 Å². The van der Waals surface area contributed by atoms with Crippen molar-refractivity contribution in [3.63, 3.8) is 0 Å². The molecule has 0 aliphatic rings. The molecule has 0 fully saturated rings. The number of ketones is 1. The highest BCUT2D eigenvalue weighted by molar-refractivity contribution is 6.31. The molecule has 3 aromatic rings. The Hall–Kier alpha value is -1.87. The first-order valence-corrected chi connectivity index (χ1v) is 5.61. The lowest BCUT2D eigenvalue weighted by Crippen LogP contribution is -1.99. The normalized spacial score (nSPS) is 11.2. The third-order valence-electron chi connectivity index (χ3n) is 2.79. The van der Waals surface area contributed by atoms with Gasteiger partial charge in [-0.05, 0) is 30.3 Å². The number of carbonyl (C=O) groups excluding carboxylic acids is 1. The Labute approximate surface area is 103 Å². The minimum Gasteiger partial charge on any atom is -0.293 e. The Kier molecular flexibility index (Phi) is 2.16. The van der Waals surface area contributed by atoms with Crippen molar-refractivity contribution in [3.05, 3.63) is 47.2 Å². The third-order valence-corrected chi connectivity index (χ3v) is 3.03. The Morgan fingerprint density at radius 3 is 2.88 bits per heavy atom. The zero-order valence-electron chi connectivity index (χ0n) is 9.14. The molecular weight excluding hydrogens is 236 g/mol. The molecule has 2 heterocycles. The smallest absolute Gasteiger partial charge is 0.178 e. The van der Waals surface area contributed by atoms with E-state index in [1.165, 1.54) is 6.92 Å². The van der Waals surface area contributed by atoms with Crippen LogP contribution in [0.1, 0.15) is 17.4 Å². The number of Topliss-reactive ketones (excluding diaryl/α,β-unsaturated/α-hetero) is 1. The van der Waals surface area contributed by atoms with E-state index in [0.717, 1.165) is 16.6 Å². The standard InChI is InChI=1S/C13H9ClN2O/c1-8(17)12-7-15-13-5-2-9-6-10(14)3-4-11(9)16(12)13/h2-7H,1H3. The van der Waals surface area contributed by atoms with Crippen molar-refractivity contribution < 1.29 is 4.79 Å². The molecule has 2 aromatic heterocycles. The van der Waals surface area contributed by atoms with E-state index in [2.05, 4.69) is 4.98 Å². The zero-order valence-corrected chi connectivity index (χ0v) is 9.90. The predicted molar refractivity (Wildman–Crippen MR) is 67.7 cm³/mol. The molecule has 0 aliphatic carbocycles. The van der Waals surface area contributed by atoms with Gasteiger partial charge in [0.2, 0.25) is 0 Å². The molecule has 4 heteroatoms. The van der Waals surface area contributed by atoms with Crippen LogP contribution in [0.2, 0.25) is 5.02 Å². The van der Waals surface area contributed by atoms with E-state index in [1.54, 1.807) is 6.20 Å². The maximum atomic E-state index is 11.5. The molecule has 0 radical (unpaired) electrons. The van der Waals surface area contributed by atoms with Gasteiger partial charge in [0.1, 0.15) is 11.3 Å². The van der Waals surface area contributed by atoms with Crippen LogP contribution < -0.4 is 0 Å².